The van der Waals surface area contributed by atoms with Crippen molar-refractivity contribution in [1.29, 1.82) is 0 Å². The SMILES string of the molecule is COc1ccc(Br)c(CC(=O)c2ccc(F)c(C)c2)c1. The molecule has 0 N–H and O–H groups in total. The summed E-state index contributed by atoms with van der Waals surface area (Å²) in [5.41, 5.74) is 1.83. The lowest BCUT2D eigenvalue weighted by atomic mass is 10.0. The van der Waals surface area contributed by atoms with Crippen LogP contribution in [0.1, 0.15) is 21.5 Å². The normalized spacial score (nSPS) is 10.4. The van der Waals surface area contributed by atoms with Gasteiger partial charge in [0.1, 0.15) is 11.6 Å². The molecule has 0 atom stereocenters. The van der Waals surface area contributed by atoms with Gasteiger partial charge in [-0.15, -0.1) is 0 Å². The number of methoxy groups -OCH3 is 1. The van der Waals surface area contributed by atoms with Gasteiger partial charge in [-0.3, -0.25) is 4.79 Å². The molecule has 2 nitrogen and oxygen atoms in total. The molecule has 0 heterocycles. The molecule has 0 aliphatic carbocycles. The van der Waals surface area contributed by atoms with E-state index in [1.54, 1.807) is 20.1 Å². The highest BCUT2D eigenvalue weighted by atomic mass is 79.9. The summed E-state index contributed by atoms with van der Waals surface area (Å²) in [4.78, 5) is 12.2. The van der Waals surface area contributed by atoms with Crippen LogP contribution in [-0.2, 0) is 6.42 Å². The monoisotopic (exact) mass is 336 g/mol. The zero-order valence-electron chi connectivity index (χ0n) is 11.2. The number of hydrogen-bond acceptors (Lipinski definition) is 2. The largest absolute Gasteiger partial charge is 0.497 e. The Balaban J connectivity index is 2.25. The third kappa shape index (κ3) is 3.25. The Bertz CT molecular complexity index is 653. The van der Waals surface area contributed by atoms with Crippen molar-refractivity contribution in [3.8, 4) is 5.75 Å². The molecule has 0 unspecified atom stereocenters. The first-order chi connectivity index (χ1) is 9.51. The van der Waals surface area contributed by atoms with Crippen LogP contribution in [0.3, 0.4) is 0 Å². The van der Waals surface area contributed by atoms with Crippen molar-refractivity contribution < 1.29 is 13.9 Å². The first-order valence-corrected chi connectivity index (χ1v) is 6.92. The third-order valence-corrected chi connectivity index (χ3v) is 3.86. The molecule has 2 rings (SSSR count). The van der Waals surface area contributed by atoms with Gasteiger partial charge in [0.2, 0.25) is 0 Å². The molecule has 2 aromatic rings. The Hall–Kier alpha value is -1.68. The molecule has 0 bridgehead atoms. The van der Waals surface area contributed by atoms with Gasteiger partial charge in [0.25, 0.3) is 0 Å². The molecule has 0 saturated heterocycles. The van der Waals surface area contributed by atoms with E-state index in [4.69, 9.17) is 4.74 Å². The van der Waals surface area contributed by atoms with Crippen LogP contribution in [0.15, 0.2) is 40.9 Å². The van der Waals surface area contributed by atoms with Gasteiger partial charge in [0.15, 0.2) is 5.78 Å². The van der Waals surface area contributed by atoms with Gasteiger partial charge in [-0.2, -0.15) is 0 Å². The van der Waals surface area contributed by atoms with Crippen LogP contribution in [-0.4, -0.2) is 12.9 Å². The number of halogens is 2. The van der Waals surface area contributed by atoms with E-state index in [1.807, 2.05) is 18.2 Å². The Labute approximate surface area is 125 Å². The zero-order valence-corrected chi connectivity index (χ0v) is 12.8. The first-order valence-electron chi connectivity index (χ1n) is 6.13. The summed E-state index contributed by atoms with van der Waals surface area (Å²) in [6.07, 6.45) is 0.239. The topological polar surface area (TPSA) is 26.3 Å². The summed E-state index contributed by atoms with van der Waals surface area (Å²) in [5.74, 6) is 0.345. The maximum atomic E-state index is 13.2. The van der Waals surface area contributed by atoms with E-state index in [9.17, 15) is 9.18 Å². The molecular formula is C16H14BrFO2. The predicted molar refractivity (Wildman–Crippen MR) is 79.9 cm³/mol. The van der Waals surface area contributed by atoms with E-state index in [1.165, 1.54) is 12.1 Å². The van der Waals surface area contributed by atoms with Crippen molar-refractivity contribution in [2.75, 3.05) is 7.11 Å². The molecule has 0 aliphatic rings. The Morgan fingerprint density at radius 2 is 2.00 bits per heavy atom. The number of Topliss-reactive ketones (excluding diaryl/α,β-unsaturated/α-hetero) is 1. The maximum Gasteiger partial charge on any atom is 0.167 e. The predicted octanol–water partition coefficient (Wildman–Crippen LogP) is 4.33. The molecule has 0 fully saturated rings. The van der Waals surface area contributed by atoms with E-state index in [0.29, 0.717) is 16.9 Å². The molecule has 0 aromatic heterocycles. The summed E-state index contributed by atoms with van der Waals surface area (Å²) < 4.78 is 19.2. The summed E-state index contributed by atoms with van der Waals surface area (Å²) in [7, 11) is 1.58. The lowest BCUT2D eigenvalue weighted by molar-refractivity contribution is 0.0992. The number of aryl methyl sites for hydroxylation is 1. The maximum absolute atomic E-state index is 13.2. The number of ketones is 1. The van der Waals surface area contributed by atoms with Crippen molar-refractivity contribution in [2.24, 2.45) is 0 Å². The second kappa shape index (κ2) is 6.18. The number of rotatable bonds is 4. The van der Waals surface area contributed by atoms with Gasteiger partial charge in [0, 0.05) is 16.5 Å². The van der Waals surface area contributed by atoms with Gasteiger partial charge in [-0.05, 0) is 54.4 Å². The molecule has 0 saturated carbocycles. The van der Waals surface area contributed by atoms with Crippen LogP contribution in [0.25, 0.3) is 0 Å². The molecule has 0 radical (unpaired) electrons. The summed E-state index contributed by atoms with van der Waals surface area (Å²) in [5, 5.41) is 0. The van der Waals surface area contributed by atoms with Crippen molar-refractivity contribution in [3.05, 3.63) is 63.4 Å². The standard InChI is InChI=1S/C16H14BrFO2/c1-10-7-11(3-6-15(10)18)16(19)9-12-8-13(20-2)4-5-14(12)17/h3-8H,9H2,1-2H3. The van der Waals surface area contributed by atoms with Crippen molar-refractivity contribution in [3.63, 3.8) is 0 Å². The minimum Gasteiger partial charge on any atom is -0.497 e. The van der Waals surface area contributed by atoms with Crippen LogP contribution in [0.4, 0.5) is 4.39 Å². The van der Waals surface area contributed by atoms with E-state index in [2.05, 4.69) is 15.9 Å². The van der Waals surface area contributed by atoms with Gasteiger partial charge in [-0.25, -0.2) is 4.39 Å². The zero-order chi connectivity index (χ0) is 14.7. The van der Waals surface area contributed by atoms with Crippen molar-refractivity contribution in [2.45, 2.75) is 13.3 Å². The highest BCUT2D eigenvalue weighted by molar-refractivity contribution is 9.10. The lowest BCUT2D eigenvalue weighted by Gasteiger charge is -2.07. The van der Waals surface area contributed by atoms with E-state index < -0.39 is 0 Å². The fourth-order valence-corrected chi connectivity index (χ4v) is 2.29. The Morgan fingerprint density at radius 3 is 2.65 bits per heavy atom. The van der Waals surface area contributed by atoms with E-state index >= 15 is 0 Å². The molecular weight excluding hydrogens is 323 g/mol. The average Bonchev–Trinajstić information content (AvgIpc) is 2.44. The molecule has 2 aromatic carbocycles. The average molecular weight is 337 g/mol. The van der Waals surface area contributed by atoms with Crippen LogP contribution in [0, 0.1) is 12.7 Å². The lowest BCUT2D eigenvalue weighted by Crippen LogP contribution is -2.05. The molecule has 104 valence electrons. The van der Waals surface area contributed by atoms with Crippen LogP contribution in [0.2, 0.25) is 0 Å². The number of carbonyl (C=O) groups excluding carboxylic acids is 1. The van der Waals surface area contributed by atoms with Crippen molar-refractivity contribution >= 4 is 21.7 Å². The van der Waals surface area contributed by atoms with Gasteiger partial charge in [-0.1, -0.05) is 15.9 Å². The van der Waals surface area contributed by atoms with Gasteiger partial charge >= 0.3 is 0 Å². The summed E-state index contributed by atoms with van der Waals surface area (Å²) in [6.45, 7) is 1.65. The first kappa shape index (κ1) is 14.7. The Morgan fingerprint density at radius 1 is 1.25 bits per heavy atom. The molecule has 0 spiro atoms. The van der Waals surface area contributed by atoms with Crippen LogP contribution >= 0.6 is 15.9 Å². The summed E-state index contributed by atoms with van der Waals surface area (Å²) >= 11 is 3.42. The minimum absolute atomic E-state index is 0.0537. The molecule has 4 heteroatoms. The Kier molecular flexibility index (Phi) is 4.55. The second-order valence-electron chi connectivity index (χ2n) is 4.52. The molecule has 20 heavy (non-hydrogen) atoms. The quantitative estimate of drug-likeness (QED) is 0.776. The summed E-state index contributed by atoms with van der Waals surface area (Å²) in [6, 6.07) is 9.89. The number of benzene rings is 2. The van der Waals surface area contributed by atoms with Gasteiger partial charge < -0.3 is 4.74 Å². The highest BCUT2D eigenvalue weighted by Gasteiger charge is 2.11. The second-order valence-corrected chi connectivity index (χ2v) is 5.38. The minimum atomic E-state index is -0.302. The smallest absolute Gasteiger partial charge is 0.167 e. The van der Waals surface area contributed by atoms with Gasteiger partial charge in [0.05, 0.1) is 7.11 Å². The van der Waals surface area contributed by atoms with E-state index in [0.717, 1.165) is 10.0 Å². The number of ether oxygens (including phenoxy) is 1. The fourth-order valence-electron chi connectivity index (χ4n) is 1.91. The number of hydrogen-bond donors (Lipinski definition) is 0. The fraction of sp³-hybridized carbons (Fsp3) is 0.188. The molecule has 0 aliphatic heterocycles. The highest BCUT2D eigenvalue weighted by Crippen LogP contribution is 2.24. The van der Waals surface area contributed by atoms with Crippen LogP contribution < -0.4 is 4.74 Å². The van der Waals surface area contributed by atoms with Crippen LogP contribution in [0.5, 0.6) is 5.75 Å². The third-order valence-electron chi connectivity index (χ3n) is 3.08. The van der Waals surface area contributed by atoms with E-state index in [-0.39, 0.29) is 18.0 Å². The molecule has 0 amide bonds. The number of carbonyl (C=O) groups is 1. The van der Waals surface area contributed by atoms with Crippen molar-refractivity contribution in [1.82, 2.24) is 0 Å².